The summed E-state index contributed by atoms with van der Waals surface area (Å²) in [5.74, 6) is -0.416. The van der Waals surface area contributed by atoms with E-state index in [4.69, 9.17) is 11.6 Å². The monoisotopic (exact) mass is 372 g/mol. The Morgan fingerprint density at radius 3 is 2.67 bits per heavy atom. The Morgan fingerprint density at radius 2 is 2.19 bits per heavy atom. The summed E-state index contributed by atoms with van der Waals surface area (Å²) in [6, 6.07) is 3.83. The van der Waals surface area contributed by atoms with Crippen molar-refractivity contribution in [2.45, 2.75) is 6.92 Å². The lowest BCUT2D eigenvalue weighted by atomic mass is 10.2. The lowest BCUT2D eigenvalue weighted by molar-refractivity contribution is -0.384. The molecule has 0 bridgehead atoms. The van der Waals surface area contributed by atoms with Gasteiger partial charge in [0.2, 0.25) is 0 Å². The van der Waals surface area contributed by atoms with E-state index < -0.39 is 10.8 Å². The molecule has 0 atom stereocenters. The van der Waals surface area contributed by atoms with Gasteiger partial charge in [-0.2, -0.15) is 5.10 Å². The molecular weight excluding hydrogens is 364 g/mol. The van der Waals surface area contributed by atoms with Gasteiger partial charge in [-0.15, -0.1) is 0 Å². The van der Waals surface area contributed by atoms with Gasteiger partial charge in [-0.05, 0) is 28.9 Å². The van der Waals surface area contributed by atoms with Crippen LogP contribution in [0.1, 0.15) is 16.2 Å². The van der Waals surface area contributed by atoms with Gasteiger partial charge in [0, 0.05) is 19.2 Å². The van der Waals surface area contributed by atoms with Crippen LogP contribution < -0.4 is 5.32 Å². The van der Waals surface area contributed by atoms with Gasteiger partial charge in [-0.25, -0.2) is 0 Å². The van der Waals surface area contributed by atoms with E-state index in [1.54, 1.807) is 14.0 Å². The molecule has 1 N–H and O–H groups in total. The number of rotatable bonds is 3. The highest BCUT2D eigenvalue weighted by Gasteiger charge is 2.19. The molecule has 110 valence electrons. The number of halogens is 2. The number of nitrogens with zero attached hydrogens (tertiary/aromatic N) is 3. The standard InChI is InChI=1S/C12H10BrClN4O3/c1-6-10(13)11(17(2)16-6)12(19)15-9-4-3-7(18(20)21)5-8(9)14/h3-5H,1-2H3,(H,15,19). The van der Waals surface area contributed by atoms with E-state index in [-0.39, 0.29) is 16.4 Å². The molecule has 0 fully saturated rings. The highest BCUT2D eigenvalue weighted by atomic mass is 79.9. The molecule has 0 saturated heterocycles. The third kappa shape index (κ3) is 3.06. The minimum atomic E-state index is -0.557. The summed E-state index contributed by atoms with van der Waals surface area (Å²) in [5, 5.41) is 17.5. The predicted molar refractivity (Wildman–Crippen MR) is 81.7 cm³/mol. The van der Waals surface area contributed by atoms with Crippen LogP contribution in [0.4, 0.5) is 11.4 Å². The SMILES string of the molecule is Cc1nn(C)c(C(=O)Nc2ccc([N+](=O)[O-])cc2Cl)c1Br. The molecule has 2 aromatic rings. The second kappa shape index (κ2) is 5.82. The number of amides is 1. The second-order valence-electron chi connectivity index (χ2n) is 4.25. The quantitative estimate of drug-likeness (QED) is 0.660. The minimum Gasteiger partial charge on any atom is -0.319 e. The van der Waals surface area contributed by atoms with Gasteiger partial charge in [0.1, 0.15) is 5.69 Å². The second-order valence-corrected chi connectivity index (χ2v) is 5.45. The number of non-ortho nitro benzene ring substituents is 1. The van der Waals surface area contributed by atoms with Crippen molar-refractivity contribution in [3.05, 3.63) is 49.2 Å². The summed E-state index contributed by atoms with van der Waals surface area (Å²) in [6.07, 6.45) is 0. The summed E-state index contributed by atoms with van der Waals surface area (Å²) in [6.45, 7) is 1.76. The molecule has 1 aromatic carbocycles. The predicted octanol–water partition coefficient (Wildman–Crippen LogP) is 3.30. The smallest absolute Gasteiger partial charge is 0.275 e. The molecule has 0 unspecified atom stereocenters. The van der Waals surface area contributed by atoms with E-state index in [9.17, 15) is 14.9 Å². The van der Waals surface area contributed by atoms with Gasteiger partial charge < -0.3 is 5.32 Å². The molecule has 0 spiro atoms. The highest BCUT2D eigenvalue weighted by Crippen LogP contribution is 2.28. The van der Waals surface area contributed by atoms with Crippen molar-refractivity contribution in [3.63, 3.8) is 0 Å². The number of carbonyl (C=O) groups is 1. The summed E-state index contributed by atoms with van der Waals surface area (Å²) in [4.78, 5) is 22.3. The maximum atomic E-state index is 12.2. The Morgan fingerprint density at radius 1 is 1.52 bits per heavy atom. The molecule has 1 aromatic heterocycles. The van der Waals surface area contributed by atoms with E-state index in [1.807, 2.05) is 0 Å². The first-order valence-corrected chi connectivity index (χ1v) is 6.92. The Bertz CT molecular complexity index is 744. The van der Waals surface area contributed by atoms with Crippen molar-refractivity contribution in [2.75, 3.05) is 5.32 Å². The van der Waals surface area contributed by atoms with Crippen molar-refractivity contribution in [3.8, 4) is 0 Å². The lowest BCUT2D eigenvalue weighted by Crippen LogP contribution is -2.17. The average Bonchev–Trinajstić information content (AvgIpc) is 2.65. The van der Waals surface area contributed by atoms with Gasteiger partial charge in [-0.3, -0.25) is 19.6 Å². The van der Waals surface area contributed by atoms with Crippen molar-refractivity contribution in [1.82, 2.24) is 9.78 Å². The molecule has 0 radical (unpaired) electrons. The maximum Gasteiger partial charge on any atom is 0.275 e. The Balaban J connectivity index is 2.30. The maximum absolute atomic E-state index is 12.2. The highest BCUT2D eigenvalue weighted by molar-refractivity contribution is 9.10. The number of aromatic nitrogens is 2. The molecule has 9 heteroatoms. The van der Waals surface area contributed by atoms with Crippen LogP contribution in [-0.2, 0) is 7.05 Å². The molecule has 1 amide bonds. The Labute approximate surface area is 133 Å². The summed E-state index contributed by atoms with van der Waals surface area (Å²) in [7, 11) is 1.64. The van der Waals surface area contributed by atoms with Crippen molar-refractivity contribution < 1.29 is 9.72 Å². The molecule has 7 nitrogen and oxygen atoms in total. The van der Waals surface area contributed by atoms with Crippen molar-refractivity contribution >= 4 is 44.8 Å². The molecule has 0 aliphatic heterocycles. The molecule has 1 heterocycles. The third-order valence-corrected chi connectivity index (χ3v) is 4.04. The zero-order valence-electron chi connectivity index (χ0n) is 11.1. The number of hydrogen-bond donors (Lipinski definition) is 1. The molecular formula is C12H10BrClN4O3. The lowest BCUT2D eigenvalue weighted by Gasteiger charge is -2.07. The van der Waals surface area contributed by atoms with Crippen molar-refractivity contribution in [2.24, 2.45) is 7.05 Å². The van der Waals surface area contributed by atoms with Gasteiger partial charge >= 0.3 is 0 Å². The fourth-order valence-corrected chi connectivity index (χ4v) is 2.52. The van der Waals surface area contributed by atoms with Crippen LogP contribution in [0, 0.1) is 17.0 Å². The van der Waals surface area contributed by atoms with Gasteiger partial charge in [0.15, 0.2) is 0 Å². The number of nitrogens with one attached hydrogen (secondary N) is 1. The number of hydrogen-bond acceptors (Lipinski definition) is 4. The van der Waals surface area contributed by atoms with Gasteiger partial charge in [0.25, 0.3) is 11.6 Å². The minimum absolute atomic E-state index is 0.0903. The topological polar surface area (TPSA) is 90.1 Å². The summed E-state index contributed by atoms with van der Waals surface area (Å²) >= 11 is 9.23. The third-order valence-electron chi connectivity index (χ3n) is 2.78. The fraction of sp³-hybridized carbons (Fsp3) is 0.167. The fourth-order valence-electron chi connectivity index (χ4n) is 1.78. The number of carbonyl (C=O) groups excluding carboxylic acids is 1. The van der Waals surface area contributed by atoms with Crippen molar-refractivity contribution in [1.29, 1.82) is 0 Å². The molecule has 0 aliphatic carbocycles. The van der Waals surface area contributed by atoms with Crippen LogP contribution in [0.15, 0.2) is 22.7 Å². The van der Waals surface area contributed by atoms with Crippen LogP contribution in [0.3, 0.4) is 0 Å². The summed E-state index contributed by atoms with van der Waals surface area (Å²) < 4.78 is 2.02. The van der Waals surface area contributed by atoms with Gasteiger partial charge in [-0.1, -0.05) is 11.6 Å². The van der Waals surface area contributed by atoms with Crippen LogP contribution in [-0.4, -0.2) is 20.6 Å². The first-order valence-electron chi connectivity index (χ1n) is 5.75. The van der Waals surface area contributed by atoms with Crippen LogP contribution in [0.5, 0.6) is 0 Å². The molecule has 21 heavy (non-hydrogen) atoms. The van der Waals surface area contributed by atoms with E-state index in [0.29, 0.717) is 15.9 Å². The van der Waals surface area contributed by atoms with Crippen LogP contribution in [0.2, 0.25) is 5.02 Å². The number of aryl methyl sites for hydroxylation is 2. The first-order chi connectivity index (χ1) is 9.81. The van der Waals surface area contributed by atoms with E-state index in [2.05, 4.69) is 26.3 Å². The zero-order valence-corrected chi connectivity index (χ0v) is 13.4. The number of nitro groups is 1. The van der Waals surface area contributed by atoms with E-state index in [0.717, 1.165) is 0 Å². The Hall–Kier alpha value is -1.93. The summed E-state index contributed by atoms with van der Waals surface area (Å²) in [5.41, 5.74) is 1.16. The largest absolute Gasteiger partial charge is 0.319 e. The van der Waals surface area contributed by atoms with E-state index >= 15 is 0 Å². The normalized spacial score (nSPS) is 10.5. The molecule has 0 saturated carbocycles. The number of nitro benzene ring substituents is 1. The zero-order chi connectivity index (χ0) is 15.7. The van der Waals surface area contributed by atoms with Crippen LogP contribution >= 0.6 is 27.5 Å². The Kier molecular flexibility index (Phi) is 4.29. The molecule has 0 aliphatic rings. The van der Waals surface area contributed by atoms with E-state index in [1.165, 1.54) is 22.9 Å². The number of benzene rings is 1. The van der Waals surface area contributed by atoms with Crippen LogP contribution in [0.25, 0.3) is 0 Å². The molecule has 2 rings (SSSR count). The average molecular weight is 374 g/mol. The van der Waals surface area contributed by atoms with Gasteiger partial charge in [0.05, 0.1) is 25.8 Å². The number of anilines is 1. The first kappa shape index (κ1) is 15.5.